The van der Waals surface area contributed by atoms with Gasteiger partial charge in [-0.1, -0.05) is 23.7 Å². The molecule has 2 rings (SSSR count). The van der Waals surface area contributed by atoms with Crippen molar-refractivity contribution in [1.29, 1.82) is 5.26 Å². The largest absolute Gasteiger partial charge is 0.465 e. The van der Waals surface area contributed by atoms with Crippen molar-refractivity contribution in [2.24, 2.45) is 0 Å². The molecular weight excluding hydrogens is 318 g/mol. The van der Waals surface area contributed by atoms with Crippen molar-refractivity contribution < 1.29 is 9.53 Å². The van der Waals surface area contributed by atoms with Crippen LogP contribution in [-0.2, 0) is 11.3 Å². The Morgan fingerprint density at radius 2 is 2.09 bits per heavy atom. The minimum Gasteiger partial charge on any atom is -0.465 e. The van der Waals surface area contributed by atoms with E-state index < -0.39 is 0 Å². The highest BCUT2D eigenvalue weighted by Gasteiger charge is 2.11. The van der Waals surface area contributed by atoms with Gasteiger partial charge in [0.25, 0.3) is 11.6 Å². The number of halogens is 1. The molecule has 0 atom stereocenters. The zero-order valence-corrected chi connectivity index (χ0v) is 13.0. The lowest BCUT2D eigenvalue weighted by Gasteiger charge is -2.12. The number of nitrogens with zero attached hydrogens (tertiary/aromatic N) is 3. The molecule has 7 heteroatoms. The third kappa shape index (κ3) is 4.41. The van der Waals surface area contributed by atoms with Crippen molar-refractivity contribution in [2.45, 2.75) is 19.4 Å². The molecular formula is C16H14ClN3O3. The minimum atomic E-state index is -0.382. The number of rotatable bonds is 7. The van der Waals surface area contributed by atoms with Gasteiger partial charge in [0, 0.05) is 23.1 Å². The van der Waals surface area contributed by atoms with E-state index in [-0.39, 0.29) is 24.7 Å². The van der Waals surface area contributed by atoms with E-state index in [1.54, 1.807) is 24.3 Å². The number of hydrogen-bond donors (Lipinski definition) is 0. The van der Waals surface area contributed by atoms with E-state index in [0.717, 1.165) is 4.57 Å². The summed E-state index contributed by atoms with van der Waals surface area (Å²) in [6.07, 6.45) is 1.46. The maximum absolute atomic E-state index is 12.2. The van der Waals surface area contributed by atoms with Gasteiger partial charge in [-0.05, 0) is 18.6 Å². The van der Waals surface area contributed by atoms with Crippen molar-refractivity contribution >= 4 is 17.9 Å². The lowest BCUT2D eigenvalue weighted by molar-refractivity contribution is -0.108. The smallest absolute Gasteiger partial charge is 0.300 e. The summed E-state index contributed by atoms with van der Waals surface area (Å²) in [6, 6.07) is 10.3. The Morgan fingerprint density at radius 1 is 1.35 bits per heavy atom. The van der Waals surface area contributed by atoms with Gasteiger partial charge < -0.3 is 9.53 Å². The molecule has 0 saturated heterocycles. The first-order valence-corrected chi connectivity index (χ1v) is 7.34. The molecule has 0 unspecified atom stereocenters. The van der Waals surface area contributed by atoms with Gasteiger partial charge in [-0.3, -0.25) is 9.36 Å². The first kappa shape index (κ1) is 16.7. The van der Waals surface area contributed by atoms with Crippen LogP contribution in [0.1, 0.15) is 12.8 Å². The maximum Gasteiger partial charge on any atom is 0.300 e. The Morgan fingerprint density at radius 3 is 2.74 bits per heavy atom. The van der Waals surface area contributed by atoms with Crippen molar-refractivity contribution in [2.75, 3.05) is 6.61 Å². The van der Waals surface area contributed by atoms with Gasteiger partial charge in [0.1, 0.15) is 6.29 Å². The fraction of sp³-hybridized carbons (Fsp3) is 0.250. The summed E-state index contributed by atoms with van der Waals surface area (Å²) in [6.45, 7) is 0.100. The zero-order valence-electron chi connectivity index (χ0n) is 12.2. The molecule has 0 saturated carbocycles. The molecule has 118 valence electrons. The molecule has 1 aromatic carbocycles. The summed E-state index contributed by atoms with van der Waals surface area (Å²) in [5.74, 6) is 0. The Balaban J connectivity index is 2.36. The summed E-state index contributed by atoms with van der Waals surface area (Å²) < 4.78 is 6.63. The van der Waals surface area contributed by atoms with E-state index in [1.165, 1.54) is 6.07 Å². The number of nitriles is 1. The quantitative estimate of drug-likeness (QED) is 0.574. The lowest BCUT2D eigenvalue weighted by Crippen LogP contribution is -2.24. The van der Waals surface area contributed by atoms with Crippen LogP contribution in [0.15, 0.2) is 35.1 Å². The standard InChI is InChI=1S/C16H14ClN3O3/c17-13-5-3-12(4-6-13)14-11-15(22)20(8-9-21)16(19-14)23-10-2-1-7-18/h3-6,9,11H,1-2,8,10H2. The predicted octanol–water partition coefficient (Wildman–Crippen LogP) is 2.45. The summed E-state index contributed by atoms with van der Waals surface area (Å²) >= 11 is 5.85. The van der Waals surface area contributed by atoms with Crippen LogP contribution in [-0.4, -0.2) is 22.4 Å². The Hall–Kier alpha value is -2.65. The first-order valence-electron chi connectivity index (χ1n) is 6.97. The molecule has 6 nitrogen and oxygen atoms in total. The third-order valence-corrected chi connectivity index (χ3v) is 3.29. The molecule has 0 N–H and O–H groups in total. The van der Waals surface area contributed by atoms with Gasteiger partial charge in [-0.15, -0.1) is 0 Å². The monoisotopic (exact) mass is 331 g/mol. The second-order valence-corrected chi connectivity index (χ2v) is 5.09. The number of carbonyl (C=O) groups excluding carboxylic acids is 1. The van der Waals surface area contributed by atoms with Crippen LogP contribution in [0.5, 0.6) is 6.01 Å². The SMILES string of the molecule is N#CCCCOc1nc(-c2ccc(Cl)cc2)cc(=O)n1CC=O. The first-order chi connectivity index (χ1) is 11.2. The normalized spacial score (nSPS) is 10.1. The van der Waals surface area contributed by atoms with Crippen LogP contribution in [0.4, 0.5) is 0 Å². The Kier molecular flexibility index (Phi) is 5.89. The van der Waals surface area contributed by atoms with Gasteiger partial charge in [0.2, 0.25) is 0 Å². The van der Waals surface area contributed by atoms with Crippen LogP contribution < -0.4 is 10.3 Å². The Labute approximate surface area is 137 Å². The number of benzene rings is 1. The molecule has 0 bridgehead atoms. The summed E-state index contributed by atoms with van der Waals surface area (Å²) in [4.78, 5) is 27.2. The van der Waals surface area contributed by atoms with Gasteiger partial charge in [0.05, 0.1) is 24.9 Å². The summed E-state index contributed by atoms with van der Waals surface area (Å²) in [5, 5.41) is 9.11. The number of aromatic nitrogens is 2. The second-order valence-electron chi connectivity index (χ2n) is 4.66. The molecule has 0 fully saturated rings. The van der Waals surface area contributed by atoms with Crippen molar-refractivity contribution in [3.8, 4) is 23.3 Å². The molecule has 2 aromatic rings. The molecule has 0 spiro atoms. The predicted molar refractivity (Wildman–Crippen MR) is 85.3 cm³/mol. The molecule has 0 amide bonds. The average Bonchev–Trinajstić information content (AvgIpc) is 2.55. The van der Waals surface area contributed by atoms with Crippen molar-refractivity contribution in [1.82, 2.24) is 9.55 Å². The highest BCUT2D eigenvalue weighted by molar-refractivity contribution is 6.30. The fourth-order valence-electron chi connectivity index (χ4n) is 1.92. The number of unbranched alkanes of at least 4 members (excludes halogenated alkanes) is 1. The van der Waals surface area contributed by atoms with Crippen LogP contribution in [0.25, 0.3) is 11.3 Å². The van der Waals surface area contributed by atoms with Gasteiger partial charge in [-0.25, -0.2) is 0 Å². The molecule has 1 aromatic heterocycles. The number of hydrogen-bond acceptors (Lipinski definition) is 5. The molecule has 23 heavy (non-hydrogen) atoms. The average molecular weight is 332 g/mol. The second kappa shape index (κ2) is 8.11. The molecule has 0 aliphatic heterocycles. The van der Waals surface area contributed by atoms with Crippen LogP contribution in [0.2, 0.25) is 5.02 Å². The van der Waals surface area contributed by atoms with Gasteiger partial charge in [0.15, 0.2) is 0 Å². The lowest BCUT2D eigenvalue weighted by atomic mass is 10.1. The topological polar surface area (TPSA) is 85.0 Å². The molecule has 0 radical (unpaired) electrons. The van der Waals surface area contributed by atoms with Crippen molar-refractivity contribution in [3.05, 3.63) is 45.7 Å². The fourth-order valence-corrected chi connectivity index (χ4v) is 2.05. The van der Waals surface area contributed by atoms with Crippen LogP contribution in [0, 0.1) is 11.3 Å². The molecule has 0 aliphatic rings. The van der Waals surface area contributed by atoms with E-state index in [1.807, 2.05) is 6.07 Å². The van der Waals surface area contributed by atoms with Crippen LogP contribution >= 0.6 is 11.6 Å². The van der Waals surface area contributed by atoms with Crippen LogP contribution in [0.3, 0.4) is 0 Å². The highest BCUT2D eigenvalue weighted by atomic mass is 35.5. The minimum absolute atomic E-state index is 0.0625. The summed E-state index contributed by atoms with van der Waals surface area (Å²) in [5.41, 5.74) is 0.767. The van der Waals surface area contributed by atoms with Crippen molar-refractivity contribution in [3.63, 3.8) is 0 Å². The molecule has 1 heterocycles. The van der Waals surface area contributed by atoms with Gasteiger partial charge in [-0.2, -0.15) is 10.2 Å². The zero-order chi connectivity index (χ0) is 16.7. The third-order valence-electron chi connectivity index (χ3n) is 3.03. The molecule has 0 aliphatic carbocycles. The highest BCUT2D eigenvalue weighted by Crippen LogP contribution is 2.20. The number of ether oxygens (including phenoxy) is 1. The number of aldehydes is 1. The van der Waals surface area contributed by atoms with E-state index in [4.69, 9.17) is 21.6 Å². The van der Waals surface area contributed by atoms with Gasteiger partial charge >= 0.3 is 0 Å². The van der Waals surface area contributed by atoms with E-state index >= 15 is 0 Å². The van der Waals surface area contributed by atoms with E-state index in [2.05, 4.69) is 4.98 Å². The van der Waals surface area contributed by atoms with E-state index in [9.17, 15) is 9.59 Å². The van der Waals surface area contributed by atoms with E-state index in [0.29, 0.717) is 35.4 Å². The summed E-state index contributed by atoms with van der Waals surface area (Å²) in [7, 11) is 0. The Bertz CT molecular complexity index is 779. The number of carbonyl (C=O) groups is 1. The maximum atomic E-state index is 12.2.